The zero-order valence-electron chi connectivity index (χ0n) is 6.67. The van der Waals surface area contributed by atoms with Gasteiger partial charge in [0, 0.05) is 6.07 Å². The minimum absolute atomic E-state index is 0.0856. The van der Waals surface area contributed by atoms with Crippen LogP contribution in [0.4, 0.5) is 4.39 Å². The summed E-state index contributed by atoms with van der Waals surface area (Å²) in [6.07, 6.45) is 0. The quantitative estimate of drug-likeness (QED) is 0.803. The molecule has 0 radical (unpaired) electrons. The fraction of sp³-hybridized carbons (Fsp3) is 0.125. The third kappa shape index (κ3) is 1.89. The highest BCUT2D eigenvalue weighted by molar-refractivity contribution is 6.33. The van der Waals surface area contributed by atoms with E-state index in [0.29, 0.717) is 0 Å². The first kappa shape index (κ1) is 9.80. The van der Waals surface area contributed by atoms with Gasteiger partial charge in [0.15, 0.2) is 0 Å². The second-order valence-electron chi connectivity index (χ2n) is 2.27. The molecule has 0 aromatic heterocycles. The molecule has 1 aromatic rings. The van der Waals surface area contributed by atoms with Crippen molar-refractivity contribution in [3.63, 3.8) is 0 Å². The third-order valence-corrected chi connectivity index (χ3v) is 1.75. The molecule has 1 rings (SSSR count). The van der Waals surface area contributed by atoms with E-state index in [0.717, 1.165) is 12.1 Å². The van der Waals surface area contributed by atoms with Gasteiger partial charge >= 0.3 is 5.97 Å². The Morgan fingerprint density at radius 1 is 1.62 bits per heavy atom. The molecule has 1 aromatic carbocycles. The van der Waals surface area contributed by atoms with Crippen LogP contribution in [0.2, 0.25) is 5.02 Å². The summed E-state index contributed by atoms with van der Waals surface area (Å²) in [5.41, 5.74) is -0.231. The van der Waals surface area contributed by atoms with Crippen LogP contribution in [0.15, 0.2) is 12.1 Å². The fourth-order valence-electron chi connectivity index (χ4n) is 0.919. The standard InChI is InChI=1S/C8H6ClFO3/c1-13-6-3-4(10)2-5(9)7(6)8(11)12/h2-3H,1H3,(H,11,12). The van der Waals surface area contributed by atoms with Gasteiger partial charge in [-0.1, -0.05) is 11.6 Å². The van der Waals surface area contributed by atoms with E-state index in [1.165, 1.54) is 7.11 Å². The molecule has 1 N–H and O–H groups in total. The number of benzene rings is 1. The lowest BCUT2D eigenvalue weighted by molar-refractivity contribution is 0.0693. The molecule has 0 saturated carbocycles. The van der Waals surface area contributed by atoms with Gasteiger partial charge in [-0.3, -0.25) is 0 Å². The fourth-order valence-corrected chi connectivity index (χ4v) is 1.20. The maximum Gasteiger partial charge on any atom is 0.341 e. The lowest BCUT2D eigenvalue weighted by Gasteiger charge is -2.05. The highest BCUT2D eigenvalue weighted by atomic mass is 35.5. The van der Waals surface area contributed by atoms with Gasteiger partial charge in [-0.05, 0) is 6.07 Å². The van der Waals surface area contributed by atoms with E-state index in [4.69, 9.17) is 16.7 Å². The van der Waals surface area contributed by atoms with Gasteiger partial charge in [0.1, 0.15) is 17.1 Å². The second kappa shape index (κ2) is 3.62. The molecule has 3 nitrogen and oxygen atoms in total. The lowest BCUT2D eigenvalue weighted by atomic mass is 10.2. The molecule has 0 aliphatic carbocycles. The zero-order chi connectivity index (χ0) is 10.0. The Labute approximate surface area is 78.7 Å². The van der Waals surface area contributed by atoms with Crippen LogP contribution in [-0.2, 0) is 0 Å². The van der Waals surface area contributed by atoms with Crippen LogP contribution in [-0.4, -0.2) is 18.2 Å². The van der Waals surface area contributed by atoms with Crippen molar-refractivity contribution in [3.8, 4) is 5.75 Å². The SMILES string of the molecule is COc1cc(F)cc(Cl)c1C(=O)O. The van der Waals surface area contributed by atoms with Crippen molar-refractivity contribution >= 4 is 17.6 Å². The minimum Gasteiger partial charge on any atom is -0.496 e. The minimum atomic E-state index is -1.25. The van der Waals surface area contributed by atoms with Crippen molar-refractivity contribution in [1.82, 2.24) is 0 Å². The first-order valence-electron chi connectivity index (χ1n) is 3.32. The smallest absolute Gasteiger partial charge is 0.341 e. The Hall–Kier alpha value is -1.29. The molecular weight excluding hydrogens is 199 g/mol. The monoisotopic (exact) mass is 204 g/mol. The van der Waals surface area contributed by atoms with Crippen LogP contribution in [0, 0.1) is 5.82 Å². The first-order chi connectivity index (χ1) is 6.06. The predicted octanol–water partition coefficient (Wildman–Crippen LogP) is 2.19. The summed E-state index contributed by atoms with van der Waals surface area (Å²) in [7, 11) is 1.25. The van der Waals surface area contributed by atoms with E-state index in [1.54, 1.807) is 0 Å². The number of halogens is 2. The van der Waals surface area contributed by atoms with Gasteiger partial charge in [0.2, 0.25) is 0 Å². The number of ether oxygens (including phenoxy) is 1. The molecule has 0 saturated heterocycles. The summed E-state index contributed by atoms with van der Waals surface area (Å²) in [4.78, 5) is 10.6. The molecule has 0 aliphatic rings. The summed E-state index contributed by atoms with van der Waals surface area (Å²) >= 11 is 5.51. The number of rotatable bonds is 2. The van der Waals surface area contributed by atoms with Crippen LogP contribution in [0.25, 0.3) is 0 Å². The average Bonchev–Trinajstić information content (AvgIpc) is 2.01. The van der Waals surface area contributed by atoms with Crippen LogP contribution in [0.3, 0.4) is 0 Å². The van der Waals surface area contributed by atoms with Gasteiger partial charge in [0.25, 0.3) is 0 Å². The molecule has 5 heteroatoms. The molecule has 0 unspecified atom stereocenters. The Bertz CT molecular complexity index is 351. The summed E-state index contributed by atoms with van der Waals surface area (Å²) in [6.45, 7) is 0. The number of methoxy groups -OCH3 is 1. The third-order valence-electron chi connectivity index (χ3n) is 1.45. The Morgan fingerprint density at radius 2 is 2.23 bits per heavy atom. The molecule has 0 aliphatic heterocycles. The van der Waals surface area contributed by atoms with Crippen molar-refractivity contribution in [3.05, 3.63) is 28.5 Å². The highest BCUT2D eigenvalue weighted by Crippen LogP contribution is 2.27. The van der Waals surface area contributed by atoms with Crippen LogP contribution < -0.4 is 4.74 Å². The van der Waals surface area contributed by atoms with Gasteiger partial charge in [-0.2, -0.15) is 0 Å². The van der Waals surface area contributed by atoms with Crippen LogP contribution in [0.1, 0.15) is 10.4 Å². The number of aromatic carboxylic acids is 1. The normalized spacial score (nSPS) is 9.77. The van der Waals surface area contributed by atoms with Crippen molar-refractivity contribution in [2.24, 2.45) is 0 Å². The second-order valence-corrected chi connectivity index (χ2v) is 2.68. The molecule has 0 spiro atoms. The number of hydrogen-bond donors (Lipinski definition) is 1. The zero-order valence-corrected chi connectivity index (χ0v) is 7.43. The van der Waals surface area contributed by atoms with Gasteiger partial charge < -0.3 is 9.84 Å². The van der Waals surface area contributed by atoms with Crippen molar-refractivity contribution in [2.45, 2.75) is 0 Å². The highest BCUT2D eigenvalue weighted by Gasteiger charge is 2.16. The molecule has 0 heterocycles. The van der Waals surface area contributed by atoms with Gasteiger partial charge in [-0.15, -0.1) is 0 Å². The molecule has 0 fully saturated rings. The Morgan fingerprint density at radius 3 is 2.69 bits per heavy atom. The Kier molecular flexibility index (Phi) is 2.72. The maximum absolute atomic E-state index is 12.7. The average molecular weight is 205 g/mol. The molecule has 13 heavy (non-hydrogen) atoms. The lowest BCUT2D eigenvalue weighted by Crippen LogP contribution is -2.02. The number of carboxylic acids is 1. The topological polar surface area (TPSA) is 46.5 Å². The van der Waals surface area contributed by atoms with Crippen molar-refractivity contribution in [2.75, 3.05) is 7.11 Å². The van der Waals surface area contributed by atoms with Gasteiger partial charge in [0.05, 0.1) is 12.1 Å². The Balaban J connectivity index is 3.38. The number of hydrogen-bond acceptors (Lipinski definition) is 2. The van der Waals surface area contributed by atoms with E-state index in [2.05, 4.69) is 4.74 Å². The van der Waals surface area contributed by atoms with E-state index in [1.807, 2.05) is 0 Å². The van der Waals surface area contributed by atoms with E-state index in [-0.39, 0.29) is 16.3 Å². The largest absolute Gasteiger partial charge is 0.496 e. The summed E-state index contributed by atoms with van der Waals surface area (Å²) < 4.78 is 17.4. The summed E-state index contributed by atoms with van der Waals surface area (Å²) in [6, 6.07) is 1.89. The van der Waals surface area contributed by atoms with Crippen molar-refractivity contribution < 1.29 is 19.0 Å². The summed E-state index contributed by atoms with van der Waals surface area (Å²) in [5, 5.41) is 8.51. The number of carboxylic acid groups (broad SMARTS) is 1. The van der Waals surface area contributed by atoms with E-state index < -0.39 is 11.8 Å². The number of carbonyl (C=O) groups is 1. The van der Waals surface area contributed by atoms with Crippen LogP contribution in [0.5, 0.6) is 5.75 Å². The predicted molar refractivity (Wildman–Crippen MR) is 44.9 cm³/mol. The van der Waals surface area contributed by atoms with Crippen LogP contribution >= 0.6 is 11.6 Å². The van der Waals surface area contributed by atoms with Gasteiger partial charge in [-0.25, -0.2) is 9.18 Å². The van der Waals surface area contributed by atoms with E-state index in [9.17, 15) is 9.18 Å². The molecule has 70 valence electrons. The van der Waals surface area contributed by atoms with Crippen molar-refractivity contribution in [1.29, 1.82) is 0 Å². The molecule has 0 bridgehead atoms. The first-order valence-corrected chi connectivity index (χ1v) is 3.70. The maximum atomic E-state index is 12.7. The molecule has 0 amide bonds. The van der Waals surface area contributed by atoms with E-state index >= 15 is 0 Å². The summed E-state index contributed by atoms with van der Waals surface area (Å²) in [5.74, 6) is -1.97. The molecule has 0 atom stereocenters. The molecular formula is C8H6ClFO3.